The van der Waals surface area contributed by atoms with Gasteiger partial charge >= 0.3 is 7.12 Å². The average Bonchev–Trinajstić information content (AvgIpc) is 2.75. The Balaban J connectivity index is 1.71. The van der Waals surface area contributed by atoms with Crippen molar-refractivity contribution in [1.29, 1.82) is 0 Å². The van der Waals surface area contributed by atoms with Crippen LogP contribution in [0.4, 0.5) is 0 Å². The molecule has 130 valence electrons. The monoisotopic (exact) mass is 330 g/mol. The minimum absolute atomic E-state index is 0.133. The van der Waals surface area contributed by atoms with Crippen LogP contribution in [0.3, 0.4) is 0 Å². The van der Waals surface area contributed by atoms with Crippen molar-refractivity contribution in [3.63, 3.8) is 0 Å². The number of hydrogen-bond donors (Lipinski definition) is 1. The molecule has 6 heteroatoms. The number of rotatable bonds is 3. The Morgan fingerprint density at radius 1 is 1.17 bits per heavy atom. The highest BCUT2D eigenvalue weighted by Crippen LogP contribution is 2.36. The highest BCUT2D eigenvalue weighted by molar-refractivity contribution is 6.62. The molecule has 0 bridgehead atoms. The molecular weight excluding hydrogens is 303 g/mol. The second-order valence-corrected chi connectivity index (χ2v) is 7.84. The molecule has 0 radical (unpaired) electrons. The first-order chi connectivity index (χ1) is 11.2. The number of benzene rings is 1. The Bertz CT molecular complexity index is 599. The van der Waals surface area contributed by atoms with Gasteiger partial charge in [0, 0.05) is 25.2 Å². The van der Waals surface area contributed by atoms with Crippen molar-refractivity contribution in [2.75, 3.05) is 26.7 Å². The summed E-state index contributed by atoms with van der Waals surface area (Å²) >= 11 is 0. The van der Waals surface area contributed by atoms with Crippen LogP contribution in [0, 0.1) is 0 Å². The van der Waals surface area contributed by atoms with Crippen molar-refractivity contribution in [2.24, 2.45) is 0 Å². The third kappa shape index (κ3) is 3.29. The molecule has 2 aliphatic heterocycles. The highest BCUT2D eigenvalue weighted by Gasteiger charge is 2.51. The first-order valence-corrected chi connectivity index (χ1v) is 8.61. The minimum Gasteiger partial charge on any atom is -0.399 e. The van der Waals surface area contributed by atoms with Gasteiger partial charge in [-0.1, -0.05) is 24.3 Å². The molecule has 2 saturated heterocycles. The molecule has 0 saturated carbocycles. The van der Waals surface area contributed by atoms with E-state index in [2.05, 4.69) is 10.2 Å². The molecule has 5 nitrogen and oxygen atoms in total. The first kappa shape index (κ1) is 17.6. The Morgan fingerprint density at radius 3 is 2.29 bits per heavy atom. The van der Waals surface area contributed by atoms with E-state index >= 15 is 0 Å². The maximum absolute atomic E-state index is 12.6. The summed E-state index contributed by atoms with van der Waals surface area (Å²) in [5.41, 5.74) is 0.952. The number of nitrogens with one attached hydrogen (secondary N) is 1. The van der Waals surface area contributed by atoms with Crippen molar-refractivity contribution < 1.29 is 14.1 Å². The number of hydrogen-bond acceptors (Lipinski definition) is 5. The predicted octanol–water partition coefficient (Wildman–Crippen LogP) is 1.07. The number of Topliss-reactive ketones (excluding diaryl/α,β-unsaturated/α-hetero) is 1. The van der Waals surface area contributed by atoms with E-state index in [4.69, 9.17) is 9.31 Å². The van der Waals surface area contributed by atoms with Crippen LogP contribution in [-0.4, -0.2) is 61.7 Å². The topological polar surface area (TPSA) is 50.8 Å². The number of likely N-dealkylation sites (N-methyl/N-ethyl adjacent to an activating group) is 1. The molecular formula is C18H27BN2O3. The number of piperazine rings is 1. The molecule has 0 aromatic heterocycles. The molecule has 1 atom stereocenters. The van der Waals surface area contributed by atoms with Crippen LogP contribution in [0.1, 0.15) is 38.1 Å². The fraction of sp³-hybridized carbons (Fsp3) is 0.611. The average molecular weight is 330 g/mol. The molecule has 0 amide bonds. The Kier molecular flexibility index (Phi) is 4.60. The summed E-state index contributed by atoms with van der Waals surface area (Å²) in [4.78, 5) is 14.8. The summed E-state index contributed by atoms with van der Waals surface area (Å²) in [6.45, 7) is 10.7. The summed E-state index contributed by atoms with van der Waals surface area (Å²) in [6.07, 6.45) is 0. The number of carbonyl (C=O) groups excluding carboxylic acids is 1. The molecule has 0 aliphatic carbocycles. The van der Waals surface area contributed by atoms with Gasteiger partial charge in [0.05, 0.1) is 17.2 Å². The lowest BCUT2D eigenvalue weighted by molar-refractivity contribution is 0.00578. The van der Waals surface area contributed by atoms with Gasteiger partial charge in [0.2, 0.25) is 0 Å². The Morgan fingerprint density at radius 2 is 1.75 bits per heavy atom. The van der Waals surface area contributed by atoms with Gasteiger partial charge < -0.3 is 19.5 Å². The second-order valence-electron chi connectivity index (χ2n) is 7.84. The fourth-order valence-corrected chi connectivity index (χ4v) is 3.06. The molecule has 3 rings (SSSR count). The van der Waals surface area contributed by atoms with E-state index in [-0.39, 0.29) is 23.0 Å². The van der Waals surface area contributed by atoms with Crippen LogP contribution in [0.2, 0.25) is 0 Å². The normalized spacial score (nSPS) is 26.5. The summed E-state index contributed by atoms with van der Waals surface area (Å²) < 4.78 is 12.1. The van der Waals surface area contributed by atoms with Gasteiger partial charge in [0.1, 0.15) is 0 Å². The van der Waals surface area contributed by atoms with Gasteiger partial charge in [0.15, 0.2) is 5.78 Å². The van der Waals surface area contributed by atoms with Crippen LogP contribution in [0.15, 0.2) is 24.3 Å². The van der Waals surface area contributed by atoms with E-state index in [1.54, 1.807) is 0 Å². The van der Waals surface area contributed by atoms with Crippen molar-refractivity contribution in [1.82, 2.24) is 10.2 Å². The summed E-state index contributed by atoms with van der Waals surface area (Å²) in [7, 11) is 1.65. The van der Waals surface area contributed by atoms with Crippen molar-refractivity contribution >= 4 is 18.4 Å². The lowest BCUT2D eigenvalue weighted by Gasteiger charge is -2.32. The zero-order valence-corrected chi connectivity index (χ0v) is 15.3. The number of nitrogens with zero attached hydrogens (tertiary/aromatic N) is 1. The lowest BCUT2D eigenvalue weighted by Crippen LogP contribution is -2.52. The predicted molar refractivity (Wildman–Crippen MR) is 95.8 cm³/mol. The van der Waals surface area contributed by atoms with E-state index in [1.807, 2.05) is 59.0 Å². The van der Waals surface area contributed by atoms with Crippen molar-refractivity contribution in [3.05, 3.63) is 29.8 Å². The van der Waals surface area contributed by atoms with Crippen molar-refractivity contribution in [3.8, 4) is 0 Å². The third-order valence-corrected chi connectivity index (χ3v) is 5.42. The SMILES string of the molecule is CN1CCN[C@H](C(=O)c2ccc(B3OC(C)(C)C(C)(C)O3)cc2)C1. The van der Waals surface area contributed by atoms with Gasteiger partial charge in [-0.3, -0.25) is 4.79 Å². The standard InChI is InChI=1S/C18H27BN2O3/c1-17(2)18(3,4)24-19(23-17)14-8-6-13(7-9-14)16(22)15-12-21(5)11-10-20-15/h6-9,15,20H,10-12H2,1-5H3/t15-/m0/s1. The Hall–Kier alpha value is -1.21. The number of ketones is 1. The smallest absolute Gasteiger partial charge is 0.399 e. The lowest BCUT2D eigenvalue weighted by atomic mass is 9.78. The molecule has 2 fully saturated rings. The van der Waals surface area contributed by atoms with E-state index in [1.165, 1.54) is 0 Å². The molecule has 24 heavy (non-hydrogen) atoms. The molecule has 0 spiro atoms. The molecule has 1 N–H and O–H groups in total. The zero-order chi connectivity index (χ0) is 17.5. The highest BCUT2D eigenvalue weighted by atomic mass is 16.7. The van der Waals surface area contributed by atoms with E-state index in [9.17, 15) is 4.79 Å². The summed E-state index contributed by atoms with van der Waals surface area (Å²) in [5.74, 6) is 0.141. The molecule has 1 aromatic rings. The zero-order valence-electron chi connectivity index (χ0n) is 15.3. The summed E-state index contributed by atoms with van der Waals surface area (Å²) in [6, 6.07) is 7.48. The third-order valence-electron chi connectivity index (χ3n) is 5.42. The van der Waals surface area contributed by atoms with Crippen molar-refractivity contribution in [2.45, 2.75) is 44.9 Å². The van der Waals surface area contributed by atoms with Gasteiger partial charge in [-0.05, 0) is 40.2 Å². The molecule has 2 aliphatic rings. The second kappa shape index (κ2) is 6.26. The largest absolute Gasteiger partial charge is 0.494 e. The van der Waals surface area contributed by atoms with Gasteiger partial charge in [0.25, 0.3) is 0 Å². The fourth-order valence-electron chi connectivity index (χ4n) is 3.06. The van der Waals surface area contributed by atoms with Crippen LogP contribution >= 0.6 is 0 Å². The first-order valence-electron chi connectivity index (χ1n) is 8.61. The van der Waals surface area contributed by atoms with Gasteiger partial charge in [-0.15, -0.1) is 0 Å². The molecule has 1 aromatic carbocycles. The quantitative estimate of drug-likeness (QED) is 0.664. The number of carbonyl (C=O) groups is 1. The summed E-state index contributed by atoms with van der Waals surface area (Å²) in [5, 5.41) is 3.30. The maximum atomic E-state index is 12.6. The molecule has 2 heterocycles. The van der Waals surface area contributed by atoms with Crippen LogP contribution < -0.4 is 10.8 Å². The van der Waals surface area contributed by atoms with Crippen LogP contribution in [0.5, 0.6) is 0 Å². The van der Waals surface area contributed by atoms with Gasteiger partial charge in [-0.2, -0.15) is 0 Å². The maximum Gasteiger partial charge on any atom is 0.494 e. The van der Waals surface area contributed by atoms with Crippen LogP contribution in [-0.2, 0) is 9.31 Å². The van der Waals surface area contributed by atoms with E-state index in [0.717, 1.165) is 30.7 Å². The van der Waals surface area contributed by atoms with E-state index in [0.29, 0.717) is 0 Å². The van der Waals surface area contributed by atoms with Gasteiger partial charge in [-0.25, -0.2) is 0 Å². The van der Waals surface area contributed by atoms with E-state index < -0.39 is 7.12 Å². The minimum atomic E-state index is -0.391. The Labute approximate surface area is 144 Å². The molecule has 0 unspecified atom stereocenters. The van der Waals surface area contributed by atoms with Crippen LogP contribution in [0.25, 0.3) is 0 Å².